The van der Waals surface area contributed by atoms with Crippen molar-refractivity contribution in [2.24, 2.45) is 5.92 Å². The molecule has 18 heavy (non-hydrogen) atoms. The SMILES string of the molecule is O=C(CCC1CCCCC1)c1ccc(F)c(Br)c1. The lowest BCUT2D eigenvalue weighted by Crippen LogP contribution is -2.09. The highest BCUT2D eigenvalue weighted by Gasteiger charge is 2.16. The van der Waals surface area contributed by atoms with Gasteiger partial charge in [-0.3, -0.25) is 4.79 Å². The predicted octanol–water partition coefficient (Wildman–Crippen LogP) is 5.13. The van der Waals surface area contributed by atoms with Crippen LogP contribution in [0.3, 0.4) is 0 Å². The maximum Gasteiger partial charge on any atom is 0.162 e. The van der Waals surface area contributed by atoms with Crippen molar-refractivity contribution in [1.82, 2.24) is 0 Å². The number of hydrogen-bond acceptors (Lipinski definition) is 1. The molecule has 1 aliphatic rings. The second kappa shape index (κ2) is 6.46. The summed E-state index contributed by atoms with van der Waals surface area (Å²) >= 11 is 3.11. The lowest BCUT2D eigenvalue weighted by molar-refractivity contribution is 0.0970. The minimum Gasteiger partial charge on any atom is -0.294 e. The van der Waals surface area contributed by atoms with Gasteiger partial charge in [-0.05, 0) is 46.5 Å². The highest BCUT2D eigenvalue weighted by molar-refractivity contribution is 9.10. The lowest BCUT2D eigenvalue weighted by atomic mass is 9.85. The fourth-order valence-electron chi connectivity index (χ4n) is 2.62. The molecule has 0 unspecified atom stereocenters. The number of ketones is 1. The maximum absolute atomic E-state index is 13.1. The summed E-state index contributed by atoms with van der Waals surface area (Å²) < 4.78 is 13.4. The van der Waals surface area contributed by atoms with Crippen LogP contribution in [0.25, 0.3) is 0 Å². The van der Waals surface area contributed by atoms with E-state index in [9.17, 15) is 9.18 Å². The summed E-state index contributed by atoms with van der Waals surface area (Å²) in [6, 6.07) is 4.50. The Morgan fingerprint density at radius 3 is 2.67 bits per heavy atom. The zero-order valence-electron chi connectivity index (χ0n) is 10.4. The molecule has 2 rings (SSSR count). The number of carbonyl (C=O) groups excluding carboxylic acids is 1. The number of carbonyl (C=O) groups is 1. The molecule has 1 aromatic rings. The first-order valence-corrected chi connectivity index (χ1v) is 7.44. The third-order valence-electron chi connectivity index (χ3n) is 3.75. The Morgan fingerprint density at radius 1 is 1.28 bits per heavy atom. The zero-order chi connectivity index (χ0) is 13.0. The van der Waals surface area contributed by atoms with Gasteiger partial charge in [-0.2, -0.15) is 0 Å². The van der Waals surface area contributed by atoms with Crippen LogP contribution in [-0.2, 0) is 0 Å². The van der Waals surface area contributed by atoms with Crippen molar-refractivity contribution in [2.45, 2.75) is 44.9 Å². The number of halogens is 2. The van der Waals surface area contributed by atoms with Gasteiger partial charge in [-0.1, -0.05) is 32.1 Å². The van der Waals surface area contributed by atoms with Gasteiger partial charge >= 0.3 is 0 Å². The first-order valence-electron chi connectivity index (χ1n) is 6.65. The van der Waals surface area contributed by atoms with Crippen LogP contribution in [0.2, 0.25) is 0 Å². The van der Waals surface area contributed by atoms with Crippen molar-refractivity contribution in [3.05, 3.63) is 34.1 Å². The Labute approximate surface area is 116 Å². The molecule has 0 spiro atoms. The van der Waals surface area contributed by atoms with Crippen LogP contribution in [-0.4, -0.2) is 5.78 Å². The maximum atomic E-state index is 13.1. The van der Waals surface area contributed by atoms with Gasteiger partial charge < -0.3 is 0 Å². The molecule has 0 aromatic heterocycles. The quantitative estimate of drug-likeness (QED) is 0.704. The Kier molecular flexibility index (Phi) is 4.93. The van der Waals surface area contributed by atoms with E-state index in [0.717, 1.165) is 6.42 Å². The van der Waals surface area contributed by atoms with Gasteiger partial charge in [0.05, 0.1) is 4.47 Å². The lowest BCUT2D eigenvalue weighted by Gasteiger charge is -2.20. The summed E-state index contributed by atoms with van der Waals surface area (Å²) in [5.74, 6) is 0.520. The molecule has 1 aliphatic carbocycles. The molecule has 0 amide bonds. The first kappa shape index (κ1) is 13.7. The van der Waals surface area contributed by atoms with E-state index in [1.54, 1.807) is 12.1 Å². The number of hydrogen-bond donors (Lipinski definition) is 0. The summed E-state index contributed by atoms with van der Waals surface area (Å²) in [6.07, 6.45) is 8.05. The number of benzene rings is 1. The molecular weight excluding hydrogens is 295 g/mol. The monoisotopic (exact) mass is 312 g/mol. The first-order chi connectivity index (χ1) is 8.66. The van der Waals surface area contributed by atoms with Gasteiger partial charge in [-0.15, -0.1) is 0 Å². The smallest absolute Gasteiger partial charge is 0.162 e. The largest absolute Gasteiger partial charge is 0.294 e. The van der Waals surface area contributed by atoms with Crippen molar-refractivity contribution in [2.75, 3.05) is 0 Å². The van der Waals surface area contributed by atoms with Crippen LogP contribution in [0.4, 0.5) is 4.39 Å². The van der Waals surface area contributed by atoms with Crippen LogP contribution < -0.4 is 0 Å². The van der Waals surface area contributed by atoms with E-state index < -0.39 is 0 Å². The van der Waals surface area contributed by atoms with E-state index in [1.807, 2.05) is 0 Å². The number of rotatable bonds is 4. The summed E-state index contributed by atoms with van der Waals surface area (Å²) in [5, 5.41) is 0. The fraction of sp³-hybridized carbons (Fsp3) is 0.533. The van der Waals surface area contributed by atoms with Crippen molar-refractivity contribution in [3.8, 4) is 0 Å². The van der Waals surface area contributed by atoms with Gasteiger partial charge in [0.1, 0.15) is 5.82 Å². The van der Waals surface area contributed by atoms with Crippen LogP contribution in [0.5, 0.6) is 0 Å². The van der Waals surface area contributed by atoms with Gasteiger partial charge in [0, 0.05) is 12.0 Å². The molecule has 1 saturated carbocycles. The van der Waals surface area contributed by atoms with Crippen molar-refractivity contribution in [3.63, 3.8) is 0 Å². The van der Waals surface area contributed by atoms with E-state index in [1.165, 1.54) is 38.2 Å². The molecule has 0 radical (unpaired) electrons. The molecule has 3 heteroatoms. The van der Waals surface area contributed by atoms with Gasteiger partial charge in [0.15, 0.2) is 5.78 Å². The highest BCUT2D eigenvalue weighted by atomic mass is 79.9. The average molecular weight is 313 g/mol. The van der Waals surface area contributed by atoms with Crippen molar-refractivity contribution < 1.29 is 9.18 Å². The van der Waals surface area contributed by atoms with E-state index in [4.69, 9.17) is 0 Å². The Bertz CT molecular complexity index is 425. The van der Waals surface area contributed by atoms with Gasteiger partial charge in [0.2, 0.25) is 0 Å². The van der Waals surface area contributed by atoms with Crippen LogP contribution in [0, 0.1) is 11.7 Å². The van der Waals surface area contributed by atoms with Crippen molar-refractivity contribution >= 4 is 21.7 Å². The van der Waals surface area contributed by atoms with Gasteiger partial charge in [-0.25, -0.2) is 4.39 Å². The topological polar surface area (TPSA) is 17.1 Å². The summed E-state index contributed by atoms with van der Waals surface area (Å²) in [6.45, 7) is 0. The minimum absolute atomic E-state index is 0.126. The summed E-state index contributed by atoms with van der Waals surface area (Å²) in [5.41, 5.74) is 0.610. The third-order valence-corrected chi connectivity index (χ3v) is 4.35. The predicted molar refractivity (Wildman–Crippen MR) is 74.2 cm³/mol. The Morgan fingerprint density at radius 2 is 2.00 bits per heavy atom. The molecule has 0 aliphatic heterocycles. The normalized spacial score (nSPS) is 16.8. The number of Topliss-reactive ketones (excluding diaryl/α,β-unsaturated/α-hetero) is 1. The fourth-order valence-corrected chi connectivity index (χ4v) is 3.00. The molecule has 1 aromatic carbocycles. The van der Waals surface area contributed by atoms with E-state index in [2.05, 4.69) is 15.9 Å². The molecule has 0 N–H and O–H groups in total. The second-order valence-corrected chi connectivity index (χ2v) is 5.95. The molecular formula is C15H18BrFO. The highest BCUT2D eigenvalue weighted by Crippen LogP contribution is 2.28. The van der Waals surface area contributed by atoms with Crippen molar-refractivity contribution in [1.29, 1.82) is 0 Å². The Hall–Kier alpha value is -0.700. The van der Waals surface area contributed by atoms with Crippen LogP contribution in [0.15, 0.2) is 22.7 Å². The molecule has 1 nitrogen and oxygen atoms in total. The summed E-state index contributed by atoms with van der Waals surface area (Å²) in [7, 11) is 0. The molecule has 0 atom stereocenters. The molecule has 1 fully saturated rings. The third kappa shape index (κ3) is 3.64. The van der Waals surface area contributed by atoms with E-state index in [0.29, 0.717) is 22.4 Å². The van der Waals surface area contributed by atoms with E-state index in [-0.39, 0.29) is 11.6 Å². The molecule has 0 heterocycles. The average Bonchev–Trinajstić information content (AvgIpc) is 2.40. The zero-order valence-corrected chi connectivity index (χ0v) is 12.0. The van der Waals surface area contributed by atoms with Crippen LogP contribution >= 0.6 is 15.9 Å². The standard InChI is InChI=1S/C15H18BrFO/c16-13-10-12(7-8-14(13)17)15(18)9-6-11-4-2-1-3-5-11/h7-8,10-11H,1-6,9H2. The Balaban J connectivity index is 1.88. The van der Waals surface area contributed by atoms with E-state index >= 15 is 0 Å². The molecule has 0 saturated heterocycles. The molecule has 98 valence electrons. The second-order valence-electron chi connectivity index (χ2n) is 5.09. The van der Waals surface area contributed by atoms with Crippen LogP contribution in [0.1, 0.15) is 55.3 Å². The summed E-state index contributed by atoms with van der Waals surface area (Å²) in [4.78, 5) is 12.0. The van der Waals surface area contributed by atoms with Gasteiger partial charge in [0.25, 0.3) is 0 Å². The minimum atomic E-state index is -0.321. The molecule has 0 bridgehead atoms.